The van der Waals surface area contributed by atoms with Crippen molar-refractivity contribution in [1.29, 1.82) is 0 Å². The molecule has 0 amide bonds. The normalized spacial score (nSPS) is 10.9. The zero-order valence-electron chi connectivity index (χ0n) is 11.2. The van der Waals surface area contributed by atoms with Gasteiger partial charge in [-0.1, -0.05) is 18.2 Å². The molecule has 3 aromatic rings. The van der Waals surface area contributed by atoms with Gasteiger partial charge in [0.25, 0.3) is 0 Å². The van der Waals surface area contributed by atoms with Crippen LogP contribution in [-0.4, -0.2) is 19.3 Å². The van der Waals surface area contributed by atoms with E-state index in [0.29, 0.717) is 28.3 Å². The molecule has 0 fully saturated rings. The third-order valence-electron chi connectivity index (χ3n) is 3.18. The second kappa shape index (κ2) is 4.48. The molecule has 3 rings (SSSR count). The van der Waals surface area contributed by atoms with Crippen LogP contribution in [0, 0.1) is 5.82 Å². The van der Waals surface area contributed by atoms with Gasteiger partial charge in [-0.05, 0) is 6.07 Å². The first kappa shape index (κ1) is 12.4. The molecule has 0 aliphatic rings. The van der Waals surface area contributed by atoms with Crippen LogP contribution in [0.3, 0.4) is 0 Å². The lowest BCUT2D eigenvalue weighted by Gasteiger charge is -2.04. The van der Waals surface area contributed by atoms with Crippen LogP contribution in [0.2, 0.25) is 0 Å². The number of benzene rings is 1. The standard InChI is InChI=1S/C14H14FN5/c1-19-7-11(17-8-19)13-12(14(16)20(2)18-13)9-5-3-4-6-10(9)15/h3-8H,16H2,1-2H3. The van der Waals surface area contributed by atoms with E-state index in [-0.39, 0.29) is 5.82 Å². The molecule has 2 heterocycles. The third kappa shape index (κ3) is 1.85. The Morgan fingerprint density at radius 1 is 1.20 bits per heavy atom. The molecular weight excluding hydrogens is 257 g/mol. The Morgan fingerprint density at radius 3 is 2.60 bits per heavy atom. The fraction of sp³-hybridized carbons (Fsp3) is 0.143. The Hall–Kier alpha value is -2.63. The van der Waals surface area contributed by atoms with Crippen molar-refractivity contribution in [3.8, 4) is 22.5 Å². The molecule has 0 saturated carbocycles. The second-order valence-corrected chi connectivity index (χ2v) is 4.64. The van der Waals surface area contributed by atoms with Crippen molar-refractivity contribution in [2.45, 2.75) is 0 Å². The van der Waals surface area contributed by atoms with Gasteiger partial charge < -0.3 is 10.3 Å². The van der Waals surface area contributed by atoms with Crippen molar-refractivity contribution in [2.24, 2.45) is 14.1 Å². The van der Waals surface area contributed by atoms with E-state index in [1.54, 1.807) is 31.6 Å². The first-order valence-corrected chi connectivity index (χ1v) is 6.13. The highest BCUT2D eigenvalue weighted by Gasteiger charge is 2.21. The van der Waals surface area contributed by atoms with Crippen LogP contribution in [0.1, 0.15) is 0 Å². The Morgan fingerprint density at radius 2 is 1.95 bits per heavy atom. The summed E-state index contributed by atoms with van der Waals surface area (Å²) in [5, 5.41) is 4.36. The molecule has 0 spiro atoms. The summed E-state index contributed by atoms with van der Waals surface area (Å²) in [4.78, 5) is 4.27. The van der Waals surface area contributed by atoms with Crippen LogP contribution in [0.15, 0.2) is 36.8 Å². The number of nitrogens with two attached hydrogens (primary N) is 1. The zero-order chi connectivity index (χ0) is 14.3. The Balaban J connectivity index is 2.28. The second-order valence-electron chi connectivity index (χ2n) is 4.64. The van der Waals surface area contributed by atoms with Gasteiger partial charge in [-0.2, -0.15) is 5.10 Å². The number of hydrogen-bond acceptors (Lipinski definition) is 3. The highest BCUT2D eigenvalue weighted by Crippen LogP contribution is 2.36. The number of imidazole rings is 1. The number of nitrogen functional groups attached to an aromatic ring is 1. The zero-order valence-corrected chi connectivity index (χ0v) is 11.2. The SMILES string of the molecule is Cn1cnc(-c2nn(C)c(N)c2-c2ccccc2F)c1. The van der Waals surface area contributed by atoms with Gasteiger partial charge in [0.15, 0.2) is 0 Å². The number of halogens is 1. The van der Waals surface area contributed by atoms with E-state index in [9.17, 15) is 4.39 Å². The number of nitrogens with zero attached hydrogens (tertiary/aromatic N) is 4. The number of aryl methyl sites for hydroxylation is 2. The fourth-order valence-corrected chi connectivity index (χ4v) is 2.18. The summed E-state index contributed by atoms with van der Waals surface area (Å²) in [6.07, 6.45) is 3.50. The van der Waals surface area contributed by atoms with Gasteiger partial charge in [-0.15, -0.1) is 0 Å². The average molecular weight is 271 g/mol. The van der Waals surface area contributed by atoms with Crippen LogP contribution >= 0.6 is 0 Å². The molecule has 1 aromatic carbocycles. The Labute approximate surface area is 115 Å². The minimum Gasteiger partial charge on any atom is -0.383 e. The Bertz CT molecular complexity index is 772. The van der Waals surface area contributed by atoms with Gasteiger partial charge in [-0.25, -0.2) is 9.37 Å². The molecule has 0 atom stereocenters. The van der Waals surface area contributed by atoms with Crippen molar-refractivity contribution in [1.82, 2.24) is 19.3 Å². The first-order chi connectivity index (χ1) is 9.58. The molecule has 102 valence electrons. The summed E-state index contributed by atoms with van der Waals surface area (Å²) in [5.41, 5.74) is 8.29. The predicted octanol–water partition coefficient (Wildman–Crippen LogP) is 2.21. The maximum atomic E-state index is 14.0. The molecule has 0 aliphatic carbocycles. The van der Waals surface area contributed by atoms with Crippen molar-refractivity contribution in [3.05, 3.63) is 42.6 Å². The summed E-state index contributed by atoms with van der Waals surface area (Å²) >= 11 is 0. The minimum atomic E-state index is -0.329. The van der Waals surface area contributed by atoms with Crippen molar-refractivity contribution in [2.75, 3.05) is 5.73 Å². The quantitative estimate of drug-likeness (QED) is 0.777. The molecule has 6 heteroatoms. The van der Waals surface area contributed by atoms with E-state index in [0.717, 1.165) is 0 Å². The van der Waals surface area contributed by atoms with E-state index >= 15 is 0 Å². The molecule has 0 aliphatic heterocycles. The van der Waals surface area contributed by atoms with Gasteiger partial charge in [0.1, 0.15) is 23.0 Å². The highest BCUT2D eigenvalue weighted by atomic mass is 19.1. The number of hydrogen-bond donors (Lipinski definition) is 1. The third-order valence-corrected chi connectivity index (χ3v) is 3.18. The monoisotopic (exact) mass is 271 g/mol. The first-order valence-electron chi connectivity index (χ1n) is 6.13. The van der Waals surface area contributed by atoms with E-state index < -0.39 is 0 Å². The van der Waals surface area contributed by atoms with Crippen LogP contribution in [-0.2, 0) is 14.1 Å². The number of aromatic nitrogens is 4. The largest absolute Gasteiger partial charge is 0.383 e. The van der Waals surface area contributed by atoms with Gasteiger partial charge in [-0.3, -0.25) is 4.68 Å². The number of anilines is 1. The maximum absolute atomic E-state index is 14.0. The minimum absolute atomic E-state index is 0.329. The van der Waals surface area contributed by atoms with Gasteiger partial charge in [0.05, 0.1) is 11.9 Å². The molecular formula is C14H14FN5. The molecule has 2 N–H and O–H groups in total. The average Bonchev–Trinajstić information content (AvgIpc) is 2.96. The van der Waals surface area contributed by atoms with Crippen LogP contribution in [0.25, 0.3) is 22.5 Å². The van der Waals surface area contributed by atoms with Crippen molar-refractivity contribution < 1.29 is 4.39 Å². The van der Waals surface area contributed by atoms with E-state index in [1.165, 1.54) is 10.7 Å². The molecule has 0 bridgehead atoms. The lowest BCUT2D eigenvalue weighted by Crippen LogP contribution is -1.98. The molecule has 2 aromatic heterocycles. The lowest BCUT2D eigenvalue weighted by molar-refractivity contribution is 0.631. The summed E-state index contributed by atoms with van der Waals surface area (Å²) in [5.74, 6) is 0.0835. The van der Waals surface area contributed by atoms with Crippen LogP contribution in [0.4, 0.5) is 10.2 Å². The summed E-state index contributed by atoms with van der Waals surface area (Å²) in [7, 11) is 3.59. The van der Waals surface area contributed by atoms with Crippen molar-refractivity contribution >= 4 is 5.82 Å². The predicted molar refractivity (Wildman–Crippen MR) is 75.2 cm³/mol. The summed E-state index contributed by atoms with van der Waals surface area (Å²) in [6, 6.07) is 6.51. The summed E-state index contributed by atoms with van der Waals surface area (Å²) in [6.45, 7) is 0. The topological polar surface area (TPSA) is 61.7 Å². The Kier molecular flexibility index (Phi) is 2.78. The highest BCUT2D eigenvalue weighted by molar-refractivity contribution is 5.87. The molecule has 0 saturated heterocycles. The lowest BCUT2D eigenvalue weighted by atomic mass is 10.0. The van der Waals surface area contributed by atoms with E-state index in [4.69, 9.17) is 5.73 Å². The maximum Gasteiger partial charge on any atom is 0.131 e. The number of rotatable bonds is 2. The van der Waals surface area contributed by atoms with E-state index in [2.05, 4.69) is 10.1 Å². The van der Waals surface area contributed by atoms with Gasteiger partial charge >= 0.3 is 0 Å². The fourth-order valence-electron chi connectivity index (χ4n) is 2.18. The molecule has 0 unspecified atom stereocenters. The molecule has 5 nitrogen and oxygen atoms in total. The van der Waals surface area contributed by atoms with Crippen LogP contribution < -0.4 is 5.73 Å². The van der Waals surface area contributed by atoms with E-state index in [1.807, 2.05) is 17.8 Å². The molecule has 0 radical (unpaired) electrons. The summed E-state index contributed by atoms with van der Waals surface area (Å²) < 4.78 is 17.4. The van der Waals surface area contributed by atoms with Gasteiger partial charge in [0.2, 0.25) is 0 Å². The molecule has 20 heavy (non-hydrogen) atoms. The van der Waals surface area contributed by atoms with Gasteiger partial charge in [0, 0.05) is 25.9 Å². The van der Waals surface area contributed by atoms with Crippen molar-refractivity contribution in [3.63, 3.8) is 0 Å². The smallest absolute Gasteiger partial charge is 0.131 e. The van der Waals surface area contributed by atoms with Crippen LogP contribution in [0.5, 0.6) is 0 Å².